The molecule has 0 radical (unpaired) electrons. The lowest BCUT2D eigenvalue weighted by Crippen LogP contribution is -2.31. The van der Waals surface area contributed by atoms with Gasteiger partial charge in [0.1, 0.15) is 13.2 Å². The zero-order valence-electron chi connectivity index (χ0n) is 70.7. The summed E-state index contributed by atoms with van der Waals surface area (Å²) in [4.78, 5) is 71.3. The number of methoxy groups -OCH3 is 12. The molecular weight excluding hydrogens is 1420 g/mol. The van der Waals surface area contributed by atoms with Crippen LogP contribution in [0.1, 0.15) is 192 Å². The van der Waals surface area contributed by atoms with Crippen molar-refractivity contribution in [2.24, 2.45) is 16.2 Å². The van der Waals surface area contributed by atoms with Crippen LogP contribution in [0.25, 0.3) is 0 Å². The van der Waals surface area contributed by atoms with Gasteiger partial charge in [-0.2, -0.15) is 0 Å². The van der Waals surface area contributed by atoms with E-state index in [0.29, 0.717) is 5.41 Å². The third kappa shape index (κ3) is 558. The van der Waals surface area contributed by atoms with Gasteiger partial charge in [0.2, 0.25) is 23.6 Å². The largest absolute Gasteiger partial charge is 0.453 e. The van der Waals surface area contributed by atoms with Crippen molar-refractivity contribution in [2.45, 2.75) is 243 Å². The quantitative estimate of drug-likeness (QED) is 0.102. The molecule has 0 saturated heterocycles. The lowest BCUT2D eigenvalue weighted by Gasteiger charge is -2.14. The van der Waals surface area contributed by atoms with Gasteiger partial charge < -0.3 is 94.1 Å². The van der Waals surface area contributed by atoms with Gasteiger partial charge in [-0.1, -0.05) is 190 Å². The van der Waals surface area contributed by atoms with Gasteiger partial charge in [-0.25, -0.2) is 14.4 Å². The fourth-order valence-electron chi connectivity index (χ4n) is 1.46. The topological polar surface area (TPSA) is 314 Å². The Morgan fingerprint density at radius 3 is 0.369 bits per heavy atom. The third-order valence-corrected chi connectivity index (χ3v) is 5.32. The molecule has 0 aliphatic carbocycles. The molecule has 0 fully saturated rings. The van der Waals surface area contributed by atoms with E-state index >= 15 is 0 Å². The van der Waals surface area contributed by atoms with Gasteiger partial charge in [-0.15, -0.1) is 0 Å². The first-order valence-electron chi connectivity index (χ1n) is 30.4. The first-order valence-corrected chi connectivity index (χ1v) is 42.4. The minimum atomic E-state index is -0.407. The summed E-state index contributed by atoms with van der Waals surface area (Å²) in [5.74, 6) is -0.0278. The monoisotopic (exact) mass is 1630 g/mol. The second kappa shape index (κ2) is 200. The van der Waals surface area contributed by atoms with Crippen molar-refractivity contribution in [3.05, 3.63) is 0 Å². The Bertz CT molecular complexity index is 1150. The maximum Gasteiger partial charge on any atom is 0.406 e. The molecule has 0 rings (SSSR count). The summed E-state index contributed by atoms with van der Waals surface area (Å²) in [6, 6.07) is 0. The van der Waals surface area contributed by atoms with Crippen molar-refractivity contribution in [2.75, 3.05) is 183 Å². The average molecular weight is 1640 g/mol. The molecule has 0 heterocycles. The van der Waals surface area contributed by atoms with Gasteiger partial charge in [0, 0.05) is 160 Å². The summed E-state index contributed by atoms with van der Waals surface area (Å²) in [7, 11) is 45.4. The highest BCUT2D eigenvalue weighted by Gasteiger charge is 2.19. The number of rotatable bonds is 4. The molecule has 0 aliphatic rings. The van der Waals surface area contributed by atoms with Crippen LogP contribution in [0.15, 0.2) is 0 Å². The highest BCUT2D eigenvalue weighted by atomic mass is 28.2. The summed E-state index contributed by atoms with van der Waals surface area (Å²) >= 11 is 0. The first kappa shape index (κ1) is 212. The maximum absolute atomic E-state index is 10.7. The number of alkyl carbamates (subject to hydrolysis) is 3. The number of carbonyl (C=O) groups is 7. The SMILES string of the molecule is C.C.C.C.C.C.C.C.C.C.C.CC(C)(C)C.CNC(=O)C(C)(C)C.CNC(=O)C(C)(C)C.CNC(=O)COC.CNC(=O)COC.CNC(=O)OC.CNC(=O)OC.CNC(=O)OC.COC.COC.COC.COC.COC.COC(C)(C)C.COC(C)(C)C.C[SiH3].C[SiH3].C[SiH3].C[SiH3].C[SiH3].C[SiH3]. The number of nitrogens with one attached hydrogen (secondary N) is 7. The molecule has 103 heavy (non-hydrogen) atoms. The fourth-order valence-corrected chi connectivity index (χ4v) is 1.46. The van der Waals surface area contributed by atoms with E-state index < -0.39 is 18.3 Å². The summed E-state index contributed by atoms with van der Waals surface area (Å²) < 4.78 is 52.5. The van der Waals surface area contributed by atoms with E-state index in [0.717, 1.165) is 0 Å². The highest BCUT2D eigenvalue weighted by molar-refractivity contribution is 6.06. The summed E-state index contributed by atoms with van der Waals surface area (Å²) in [5, 5.41) is 16.7. The molecule has 0 aromatic heterocycles. The van der Waals surface area contributed by atoms with Gasteiger partial charge >= 0.3 is 18.3 Å². The second-order valence-electron chi connectivity index (χ2n) is 19.8. The van der Waals surface area contributed by atoms with Gasteiger partial charge in [-0.05, 0) is 108 Å². The molecule has 7 amide bonds. The Morgan fingerprint density at radius 2 is 0.359 bits per heavy atom. The van der Waals surface area contributed by atoms with E-state index in [2.05, 4.69) is 152 Å². The van der Waals surface area contributed by atoms with Crippen molar-refractivity contribution >= 4 is 103 Å². The van der Waals surface area contributed by atoms with Crippen molar-refractivity contribution in [3.8, 4) is 0 Å². The van der Waals surface area contributed by atoms with Crippen molar-refractivity contribution in [1.29, 1.82) is 0 Å². The summed E-state index contributed by atoms with van der Waals surface area (Å²) in [5.41, 5.74) is 0.101. The summed E-state index contributed by atoms with van der Waals surface area (Å²) in [6.45, 7) is 45.3. The number of amides is 7. The van der Waals surface area contributed by atoms with E-state index in [1.54, 1.807) is 114 Å². The normalized spacial score (nSPS) is 7.44. The zero-order valence-corrected chi connectivity index (χ0v) is 82.7. The second-order valence-corrected chi connectivity index (χ2v) is 19.8. The molecule has 0 saturated carbocycles. The lowest BCUT2D eigenvalue weighted by molar-refractivity contribution is -0.128. The highest BCUT2D eigenvalue weighted by Crippen LogP contribution is 2.12. The Labute approximate surface area is 670 Å². The van der Waals surface area contributed by atoms with Crippen molar-refractivity contribution in [3.63, 3.8) is 0 Å². The molecule has 668 valence electrons. The molecule has 0 aromatic rings. The minimum Gasteiger partial charge on any atom is -0.453 e. The van der Waals surface area contributed by atoms with Crippen LogP contribution < -0.4 is 37.2 Å². The van der Waals surface area contributed by atoms with Gasteiger partial charge in [0.05, 0.1) is 32.5 Å². The fraction of sp³-hybridized carbons (Fsp3) is 0.901. The number of ether oxygens (including phenoxy) is 12. The predicted octanol–water partition coefficient (Wildman–Crippen LogP) is 9.86. The number of likely N-dealkylation sites (N-methyl/N-ethyl adjacent to an activating group) is 2. The van der Waals surface area contributed by atoms with Crippen LogP contribution in [0.4, 0.5) is 14.4 Å². The molecule has 0 spiro atoms. The van der Waals surface area contributed by atoms with E-state index in [-0.39, 0.29) is 141 Å². The lowest BCUT2D eigenvalue weighted by atomic mass is 9.96. The minimum absolute atomic E-state index is 0. The molecule has 0 unspecified atom stereocenters. The van der Waals surface area contributed by atoms with Crippen LogP contribution >= 0.6 is 0 Å². The molecule has 26 nitrogen and oxygen atoms in total. The van der Waals surface area contributed by atoms with Crippen LogP contribution in [0.5, 0.6) is 0 Å². The van der Waals surface area contributed by atoms with Gasteiger partial charge in [-0.3, -0.25) is 19.2 Å². The predicted molar refractivity (Wildman–Crippen MR) is 495 cm³/mol. The van der Waals surface area contributed by atoms with E-state index in [1.165, 1.54) is 118 Å². The number of hydrogen-bond donors (Lipinski definition) is 7. The Kier molecular flexibility index (Phi) is 411. The van der Waals surface area contributed by atoms with Gasteiger partial charge in [0.25, 0.3) is 0 Å². The third-order valence-electron chi connectivity index (χ3n) is 5.32. The van der Waals surface area contributed by atoms with Crippen LogP contribution in [0.2, 0.25) is 39.3 Å². The smallest absolute Gasteiger partial charge is 0.406 e. The van der Waals surface area contributed by atoms with Crippen LogP contribution in [0.3, 0.4) is 0 Å². The Balaban J connectivity index is -0.0000000173. The Hall–Kier alpha value is -3.37. The number of carbonyl (C=O) groups excluding carboxylic acids is 7. The van der Waals surface area contributed by atoms with E-state index in [1.807, 2.05) is 83.1 Å². The molecular formula is C71H211N7O19Si6. The standard InChI is InChI=1S/2C6H13NO.2C5H12O.C5H12.2C4H9NO2.3C3H7NO2.5C2H6O.6CH6Si.11CH4/c2*1-6(2,3)5(8)7-4;2*1-5(2,3)6-4;1-5(2,3)4;2*1-5-4(6)3-7-2;3*1-4-3(5)6-2;5*1-3-2;6*1-2;;;;;;;;;;;/h2*1-4H3,(H,7,8);2*1-4H3;1-4H3;2*3H2,1-2H3,(H,5,6);3*1-2H3,(H,4,5);5*1-2H3;6*1-2H3;11*1H4. The van der Waals surface area contributed by atoms with E-state index in [4.69, 9.17) is 9.47 Å². The zero-order chi connectivity index (χ0) is 80.4. The molecule has 32 heteroatoms. The van der Waals surface area contributed by atoms with Crippen LogP contribution in [-0.2, 0) is 76.0 Å². The molecule has 0 atom stereocenters. The molecule has 0 aliphatic heterocycles. The maximum atomic E-state index is 10.7. The Morgan fingerprint density at radius 1 is 0.252 bits per heavy atom. The van der Waals surface area contributed by atoms with Crippen molar-refractivity contribution in [1.82, 2.24) is 37.2 Å². The molecule has 7 N–H and O–H groups in total. The average Bonchev–Trinajstić information content (AvgIpc) is 1.05. The molecule has 0 aromatic carbocycles. The first-order chi connectivity index (χ1) is 42.2. The number of hydrogen-bond acceptors (Lipinski definition) is 19. The van der Waals surface area contributed by atoms with Crippen LogP contribution in [-0.4, -0.2) is 298 Å². The van der Waals surface area contributed by atoms with Crippen molar-refractivity contribution < 1.29 is 90.4 Å². The molecule has 0 bridgehead atoms. The van der Waals surface area contributed by atoms with Gasteiger partial charge in [0.15, 0.2) is 0 Å². The van der Waals surface area contributed by atoms with Crippen LogP contribution in [0, 0.1) is 16.2 Å². The summed E-state index contributed by atoms with van der Waals surface area (Å²) in [6.07, 6.45) is -1.22. The van der Waals surface area contributed by atoms with E-state index in [9.17, 15) is 33.6 Å².